The molecule has 1 aliphatic carbocycles. The third kappa shape index (κ3) is 2.95. The van der Waals surface area contributed by atoms with Gasteiger partial charge >= 0.3 is 6.09 Å². The van der Waals surface area contributed by atoms with Gasteiger partial charge in [0.1, 0.15) is 6.61 Å². The zero-order chi connectivity index (χ0) is 16.4. The predicted octanol–water partition coefficient (Wildman–Crippen LogP) is 4.19. The summed E-state index contributed by atoms with van der Waals surface area (Å²) in [5.74, 6) is 0.715. The van der Waals surface area contributed by atoms with Crippen molar-refractivity contribution in [2.45, 2.75) is 18.9 Å². The van der Waals surface area contributed by atoms with Crippen molar-refractivity contribution < 1.29 is 9.53 Å². The van der Waals surface area contributed by atoms with E-state index in [0.29, 0.717) is 12.4 Å². The normalized spacial score (nSPS) is 14.0. The molecule has 1 amide bonds. The fourth-order valence-corrected chi connectivity index (χ4v) is 3.24. The Balaban J connectivity index is 1.80. The summed E-state index contributed by atoms with van der Waals surface area (Å²) in [6.07, 6.45) is -0.298. The Morgan fingerprint density at radius 2 is 1.65 bits per heavy atom. The lowest BCUT2D eigenvalue weighted by atomic mass is 9.98. The van der Waals surface area contributed by atoms with Crippen LogP contribution in [0.15, 0.2) is 48.5 Å². The smallest absolute Gasteiger partial charge is 0.409 e. The minimum absolute atomic E-state index is 0.0500. The molecule has 1 aliphatic rings. The number of carbonyl (C=O) groups excluding carboxylic acids is 1. The highest BCUT2D eigenvalue weighted by Crippen LogP contribution is 2.44. The van der Waals surface area contributed by atoms with Crippen molar-refractivity contribution in [1.82, 2.24) is 4.90 Å². The van der Waals surface area contributed by atoms with Gasteiger partial charge in [-0.15, -0.1) is 0 Å². The molecule has 23 heavy (non-hydrogen) atoms. The third-order valence-corrected chi connectivity index (χ3v) is 5.08. The highest BCUT2D eigenvalue weighted by Gasteiger charge is 2.29. The molecule has 0 N–H and O–H groups in total. The Morgan fingerprint density at radius 3 is 2.17 bits per heavy atom. The van der Waals surface area contributed by atoms with E-state index in [2.05, 4.69) is 36.9 Å². The zero-order valence-corrected chi connectivity index (χ0v) is 14.3. The molecule has 0 spiro atoms. The number of hydrogen-bond donors (Lipinski definition) is 1. The summed E-state index contributed by atoms with van der Waals surface area (Å²) in [7, 11) is 1.75. The molecule has 3 rings (SSSR count). The van der Waals surface area contributed by atoms with Gasteiger partial charge in [0.05, 0.1) is 0 Å². The van der Waals surface area contributed by atoms with Gasteiger partial charge in [-0.25, -0.2) is 4.79 Å². The van der Waals surface area contributed by atoms with Crippen LogP contribution in [-0.4, -0.2) is 36.4 Å². The second-order valence-electron chi connectivity index (χ2n) is 5.95. The van der Waals surface area contributed by atoms with Crippen LogP contribution in [0.4, 0.5) is 4.79 Å². The topological polar surface area (TPSA) is 29.5 Å². The molecule has 0 bridgehead atoms. The molecule has 4 heteroatoms. The highest BCUT2D eigenvalue weighted by molar-refractivity contribution is 7.80. The van der Waals surface area contributed by atoms with E-state index in [1.165, 1.54) is 22.3 Å². The number of rotatable bonds is 4. The van der Waals surface area contributed by atoms with Gasteiger partial charge in [0, 0.05) is 24.8 Å². The largest absolute Gasteiger partial charge is 0.448 e. The lowest BCUT2D eigenvalue weighted by Gasteiger charge is -2.24. The van der Waals surface area contributed by atoms with Crippen LogP contribution in [0.3, 0.4) is 0 Å². The Hall–Kier alpha value is -1.94. The second-order valence-corrected chi connectivity index (χ2v) is 6.31. The van der Waals surface area contributed by atoms with Crippen molar-refractivity contribution in [3.8, 4) is 11.1 Å². The molecule has 0 aliphatic heterocycles. The van der Waals surface area contributed by atoms with Crippen molar-refractivity contribution in [1.29, 1.82) is 0 Å². The van der Waals surface area contributed by atoms with E-state index in [1.807, 2.05) is 31.2 Å². The van der Waals surface area contributed by atoms with Gasteiger partial charge < -0.3 is 9.64 Å². The molecule has 1 atom stereocenters. The monoisotopic (exact) mass is 327 g/mol. The third-order valence-electron chi connectivity index (χ3n) is 4.55. The molecule has 2 aromatic carbocycles. The molecule has 0 fully saturated rings. The number of hydrogen-bond acceptors (Lipinski definition) is 3. The second kappa shape index (κ2) is 6.67. The molecule has 120 valence electrons. The van der Waals surface area contributed by atoms with Crippen LogP contribution < -0.4 is 0 Å². The molecule has 2 aromatic rings. The Labute approximate surface area is 142 Å². The lowest BCUT2D eigenvalue weighted by Crippen LogP contribution is -2.37. The maximum absolute atomic E-state index is 12.2. The van der Waals surface area contributed by atoms with Crippen molar-refractivity contribution in [2.24, 2.45) is 0 Å². The molecular formula is C19H21NO2S. The van der Waals surface area contributed by atoms with E-state index in [0.717, 1.165) is 0 Å². The summed E-state index contributed by atoms with van der Waals surface area (Å²) in [5, 5.41) is 0. The molecule has 0 saturated heterocycles. The molecule has 0 radical (unpaired) electrons. The molecule has 0 aromatic heterocycles. The fourth-order valence-electron chi connectivity index (χ4n) is 3.00. The molecule has 0 heterocycles. The van der Waals surface area contributed by atoms with E-state index in [9.17, 15) is 4.79 Å². The van der Waals surface area contributed by atoms with Crippen LogP contribution in [-0.2, 0) is 4.74 Å². The SMILES string of the molecule is C[C@H](CS)N(C)C(=O)OCC1c2ccccc2-c2ccccc21. The average Bonchev–Trinajstić information content (AvgIpc) is 2.92. The van der Waals surface area contributed by atoms with Crippen LogP contribution >= 0.6 is 12.6 Å². The van der Waals surface area contributed by atoms with E-state index < -0.39 is 0 Å². The minimum atomic E-state index is -0.298. The predicted molar refractivity (Wildman–Crippen MR) is 96.1 cm³/mol. The maximum Gasteiger partial charge on any atom is 0.409 e. The number of carbonyl (C=O) groups is 1. The number of fused-ring (bicyclic) bond motifs is 3. The van der Waals surface area contributed by atoms with Crippen LogP contribution in [0.1, 0.15) is 24.0 Å². The van der Waals surface area contributed by atoms with Crippen molar-refractivity contribution in [3.63, 3.8) is 0 Å². The molecular weight excluding hydrogens is 306 g/mol. The van der Waals surface area contributed by atoms with Crippen molar-refractivity contribution in [3.05, 3.63) is 59.7 Å². The van der Waals surface area contributed by atoms with E-state index in [-0.39, 0.29) is 18.1 Å². The van der Waals surface area contributed by atoms with Crippen LogP contribution in [0, 0.1) is 0 Å². The number of nitrogens with zero attached hydrogens (tertiary/aromatic N) is 1. The van der Waals surface area contributed by atoms with Gasteiger partial charge in [0.25, 0.3) is 0 Å². The molecule has 3 nitrogen and oxygen atoms in total. The van der Waals surface area contributed by atoms with Crippen LogP contribution in [0.2, 0.25) is 0 Å². The minimum Gasteiger partial charge on any atom is -0.448 e. The van der Waals surface area contributed by atoms with Gasteiger partial charge in [-0.3, -0.25) is 0 Å². The molecule has 0 saturated carbocycles. The van der Waals surface area contributed by atoms with Gasteiger partial charge in [-0.1, -0.05) is 48.5 Å². The summed E-state index contributed by atoms with van der Waals surface area (Å²) in [6, 6.07) is 16.7. The van der Waals surface area contributed by atoms with Crippen LogP contribution in [0.5, 0.6) is 0 Å². The Kier molecular flexibility index (Phi) is 4.62. The Bertz CT molecular complexity index is 671. The van der Waals surface area contributed by atoms with Gasteiger partial charge in [-0.2, -0.15) is 12.6 Å². The summed E-state index contributed by atoms with van der Waals surface area (Å²) in [6.45, 7) is 2.31. The first kappa shape index (κ1) is 15.9. The highest BCUT2D eigenvalue weighted by atomic mass is 32.1. The van der Waals surface area contributed by atoms with Crippen molar-refractivity contribution in [2.75, 3.05) is 19.4 Å². The summed E-state index contributed by atoms with van der Waals surface area (Å²) >= 11 is 4.23. The van der Waals surface area contributed by atoms with E-state index >= 15 is 0 Å². The zero-order valence-electron chi connectivity index (χ0n) is 13.4. The fraction of sp³-hybridized carbons (Fsp3) is 0.316. The molecule has 0 unspecified atom stereocenters. The quantitative estimate of drug-likeness (QED) is 0.854. The average molecular weight is 327 g/mol. The van der Waals surface area contributed by atoms with E-state index in [1.54, 1.807) is 11.9 Å². The van der Waals surface area contributed by atoms with Crippen molar-refractivity contribution >= 4 is 18.7 Å². The number of ether oxygens (including phenoxy) is 1. The lowest BCUT2D eigenvalue weighted by molar-refractivity contribution is 0.100. The first-order valence-electron chi connectivity index (χ1n) is 7.82. The van der Waals surface area contributed by atoms with Gasteiger partial charge in [-0.05, 0) is 29.2 Å². The van der Waals surface area contributed by atoms with Crippen LogP contribution in [0.25, 0.3) is 11.1 Å². The number of amides is 1. The van der Waals surface area contributed by atoms with Gasteiger partial charge in [0.2, 0.25) is 0 Å². The first-order valence-corrected chi connectivity index (χ1v) is 8.45. The summed E-state index contributed by atoms with van der Waals surface area (Å²) in [5.41, 5.74) is 4.93. The number of benzene rings is 2. The van der Waals surface area contributed by atoms with E-state index in [4.69, 9.17) is 4.74 Å². The van der Waals surface area contributed by atoms with Gasteiger partial charge in [0.15, 0.2) is 0 Å². The standard InChI is InChI=1S/C19H21NO2S/c1-13(12-23)20(2)19(21)22-11-18-16-9-5-3-7-14(16)15-8-4-6-10-17(15)18/h3-10,13,18,23H,11-12H2,1-2H3/t13-/m1/s1. The number of thiol groups is 1. The maximum atomic E-state index is 12.2. The summed E-state index contributed by atoms with van der Waals surface area (Å²) in [4.78, 5) is 13.8. The summed E-state index contributed by atoms with van der Waals surface area (Å²) < 4.78 is 5.58. The first-order chi connectivity index (χ1) is 11.1. The Morgan fingerprint density at radius 1 is 1.13 bits per heavy atom.